The smallest absolute Gasteiger partial charge is 0.311 e. The summed E-state index contributed by atoms with van der Waals surface area (Å²) in [7, 11) is 0. The van der Waals surface area contributed by atoms with Crippen molar-refractivity contribution in [2.75, 3.05) is 18.0 Å². The summed E-state index contributed by atoms with van der Waals surface area (Å²) in [5.41, 5.74) is 0.744. The molecule has 1 fully saturated rings. The molecule has 7 heteroatoms. The molecule has 3 rings (SSSR count). The number of pyridine rings is 1. The van der Waals surface area contributed by atoms with Gasteiger partial charge < -0.3 is 10.2 Å². The first kappa shape index (κ1) is 16.5. The SMILES string of the molecule is O=C(C#Cc1ccccc1)N[C@H]1CCN(c2ncccc2[N+](=O)[O-])C1. The maximum atomic E-state index is 12.0. The number of anilines is 1. The molecule has 0 aliphatic carbocycles. The highest BCUT2D eigenvalue weighted by Gasteiger charge is 2.29. The van der Waals surface area contributed by atoms with Gasteiger partial charge in [0.15, 0.2) is 0 Å². The third-order valence-corrected chi connectivity index (χ3v) is 3.88. The molecule has 25 heavy (non-hydrogen) atoms. The van der Waals surface area contributed by atoms with Crippen LogP contribution in [-0.4, -0.2) is 34.9 Å². The van der Waals surface area contributed by atoms with E-state index in [0.29, 0.717) is 25.3 Å². The number of nitro groups is 1. The zero-order chi connectivity index (χ0) is 17.6. The Balaban J connectivity index is 1.61. The van der Waals surface area contributed by atoms with Gasteiger partial charge in [0.1, 0.15) is 0 Å². The summed E-state index contributed by atoms with van der Waals surface area (Å²) in [5, 5.41) is 14.0. The van der Waals surface area contributed by atoms with E-state index in [9.17, 15) is 14.9 Å². The van der Waals surface area contributed by atoms with Crippen molar-refractivity contribution in [3.05, 3.63) is 64.3 Å². The van der Waals surface area contributed by atoms with Crippen molar-refractivity contribution < 1.29 is 9.72 Å². The summed E-state index contributed by atoms with van der Waals surface area (Å²) in [6.07, 6.45) is 2.21. The fourth-order valence-electron chi connectivity index (χ4n) is 2.72. The van der Waals surface area contributed by atoms with Gasteiger partial charge >= 0.3 is 5.69 Å². The Hall–Kier alpha value is -3.40. The number of hydrogen-bond acceptors (Lipinski definition) is 5. The molecule has 1 N–H and O–H groups in total. The lowest BCUT2D eigenvalue weighted by Gasteiger charge is -2.17. The molecular weight excluding hydrogens is 320 g/mol. The van der Waals surface area contributed by atoms with Crippen LogP contribution in [0.15, 0.2) is 48.7 Å². The number of aromatic nitrogens is 1. The van der Waals surface area contributed by atoms with E-state index in [-0.39, 0.29) is 17.6 Å². The summed E-state index contributed by atoms with van der Waals surface area (Å²) >= 11 is 0. The van der Waals surface area contributed by atoms with E-state index in [1.165, 1.54) is 18.3 Å². The van der Waals surface area contributed by atoms with Gasteiger partial charge in [-0.2, -0.15) is 0 Å². The van der Waals surface area contributed by atoms with Gasteiger partial charge in [-0.1, -0.05) is 24.1 Å². The molecule has 1 aromatic heterocycles. The van der Waals surface area contributed by atoms with Gasteiger partial charge in [-0.25, -0.2) is 4.98 Å². The predicted octanol–water partition coefficient (Wildman–Crippen LogP) is 1.74. The molecule has 0 bridgehead atoms. The van der Waals surface area contributed by atoms with Gasteiger partial charge in [0.05, 0.1) is 4.92 Å². The van der Waals surface area contributed by atoms with Gasteiger partial charge in [0.25, 0.3) is 5.91 Å². The van der Waals surface area contributed by atoms with E-state index < -0.39 is 4.92 Å². The number of amides is 1. The molecule has 0 unspecified atom stereocenters. The summed E-state index contributed by atoms with van der Waals surface area (Å²) in [4.78, 5) is 28.6. The lowest BCUT2D eigenvalue weighted by Crippen LogP contribution is -2.36. The topological polar surface area (TPSA) is 88.4 Å². The second kappa shape index (κ2) is 7.45. The fraction of sp³-hybridized carbons (Fsp3) is 0.222. The molecule has 0 radical (unpaired) electrons. The van der Waals surface area contributed by atoms with Crippen molar-refractivity contribution in [3.63, 3.8) is 0 Å². The van der Waals surface area contributed by atoms with Crippen LogP contribution in [0.4, 0.5) is 11.5 Å². The molecule has 7 nitrogen and oxygen atoms in total. The van der Waals surface area contributed by atoms with Crippen LogP contribution in [0.1, 0.15) is 12.0 Å². The Kier molecular flexibility index (Phi) is 4.90. The second-order valence-electron chi connectivity index (χ2n) is 5.62. The first-order valence-electron chi connectivity index (χ1n) is 7.85. The number of rotatable bonds is 3. The first-order chi connectivity index (χ1) is 12.1. The minimum Gasteiger partial charge on any atom is -0.349 e. The van der Waals surface area contributed by atoms with Gasteiger partial charge in [0, 0.05) is 42.9 Å². The van der Waals surface area contributed by atoms with Crippen molar-refractivity contribution >= 4 is 17.4 Å². The highest BCUT2D eigenvalue weighted by atomic mass is 16.6. The Bertz CT molecular complexity index is 842. The van der Waals surface area contributed by atoms with E-state index in [0.717, 1.165) is 5.56 Å². The van der Waals surface area contributed by atoms with E-state index >= 15 is 0 Å². The number of benzene rings is 1. The van der Waals surface area contributed by atoms with Crippen molar-refractivity contribution in [3.8, 4) is 11.8 Å². The standard InChI is InChI=1S/C18H16N4O3/c23-17(9-8-14-5-2-1-3-6-14)20-15-10-12-21(13-15)18-16(22(24)25)7-4-11-19-18/h1-7,11,15H,10,12-13H2,(H,20,23)/t15-/m0/s1. The van der Waals surface area contributed by atoms with Gasteiger partial charge in [-0.05, 0) is 24.6 Å². The van der Waals surface area contributed by atoms with Gasteiger partial charge in [0.2, 0.25) is 5.82 Å². The van der Waals surface area contributed by atoms with Crippen LogP contribution in [0.5, 0.6) is 0 Å². The van der Waals surface area contributed by atoms with Crippen LogP contribution in [0.25, 0.3) is 0 Å². The van der Waals surface area contributed by atoms with Crippen molar-refractivity contribution in [2.45, 2.75) is 12.5 Å². The fourth-order valence-corrected chi connectivity index (χ4v) is 2.72. The number of nitrogens with zero attached hydrogens (tertiary/aromatic N) is 3. The number of carbonyl (C=O) groups excluding carboxylic acids is 1. The molecule has 2 aromatic rings. The highest BCUT2D eigenvalue weighted by Crippen LogP contribution is 2.27. The largest absolute Gasteiger partial charge is 0.349 e. The molecular formula is C18H16N4O3. The van der Waals surface area contributed by atoms with Crippen LogP contribution in [-0.2, 0) is 4.79 Å². The number of carbonyl (C=O) groups is 1. The zero-order valence-electron chi connectivity index (χ0n) is 13.4. The third kappa shape index (κ3) is 4.12. The normalized spacial score (nSPS) is 16.0. The Labute approximate surface area is 144 Å². The maximum absolute atomic E-state index is 12.0. The Morgan fingerprint density at radius 2 is 2.08 bits per heavy atom. The monoisotopic (exact) mass is 336 g/mol. The lowest BCUT2D eigenvalue weighted by molar-refractivity contribution is -0.384. The molecule has 1 aliphatic heterocycles. The van der Waals surface area contributed by atoms with Crippen LogP contribution in [0, 0.1) is 22.0 Å². The molecule has 1 aromatic carbocycles. The second-order valence-corrected chi connectivity index (χ2v) is 5.62. The zero-order valence-corrected chi connectivity index (χ0v) is 13.4. The summed E-state index contributed by atoms with van der Waals surface area (Å²) in [6, 6.07) is 12.1. The van der Waals surface area contributed by atoms with E-state index in [1.54, 1.807) is 0 Å². The van der Waals surface area contributed by atoms with Crippen LogP contribution < -0.4 is 10.2 Å². The van der Waals surface area contributed by atoms with E-state index in [2.05, 4.69) is 22.1 Å². The molecule has 1 saturated heterocycles. The van der Waals surface area contributed by atoms with Crippen molar-refractivity contribution in [2.24, 2.45) is 0 Å². The predicted molar refractivity (Wildman–Crippen MR) is 93.0 cm³/mol. The van der Waals surface area contributed by atoms with Gasteiger partial charge in [-0.15, -0.1) is 0 Å². The third-order valence-electron chi connectivity index (χ3n) is 3.88. The van der Waals surface area contributed by atoms with Crippen LogP contribution in [0.3, 0.4) is 0 Å². The average Bonchev–Trinajstić information content (AvgIpc) is 3.09. The minimum absolute atomic E-state index is 0.0293. The molecule has 1 atom stereocenters. The molecule has 1 aliphatic rings. The molecule has 0 saturated carbocycles. The molecule has 2 heterocycles. The van der Waals surface area contributed by atoms with Crippen molar-refractivity contribution in [1.82, 2.24) is 10.3 Å². The molecule has 126 valence electrons. The Morgan fingerprint density at radius 3 is 2.84 bits per heavy atom. The van der Waals surface area contributed by atoms with Crippen molar-refractivity contribution in [1.29, 1.82) is 0 Å². The quantitative estimate of drug-likeness (QED) is 0.524. The summed E-state index contributed by atoms with van der Waals surface area (Å²) in [5.74, 6) is 5.35. The van der Waals surface area contributed by atoms with Crippen LogP contribution >= 0.6 is 0 Å². The first-order valence-corrected chi connectivity index (χ1v) is 7.85. The highest BCUT2D eigenvalue weighted by molar-refractivity contribution is 5.94. The van der Waals surface area contributed by atoms with Gasteiger partial charge in [-0.3, -0.25) is 14.9 Å². The maximum Gasteiger partial charge on any atom is 0.311 e. The molecule has 1 amide bonds. The molecule has 0 spiro atoms. The summed E-state index contributed by atoms with van der Waals surface area (Å²) < 4.78 is 0. The number of hydrogen-bond donors (Lipinski definition) is 1. The van der Waals surface area contributed by atoms with E-state index in [1.807, 2.05) is 35.2 Å². The van der Waals surface area contributed by atoms with E-state index in [4.69, 9.17) is 0 Å². The Morgan fingerprint density at radius 1 is 1.28 bits per heavy atom. The number of nitrogens with one attached hydrogen (secondary N) is 1. The minimum atomic E-state index is -0.445. The average molecular weight is 336 g/mol. The lowest BCUT2D eigenvalue weighted by atomic mass is 10.2. The van der Waals surface area contributed by atoms with Crippen LogP contribution in [0.2, 0.25) is 0 Å². The summed E-state index contributed by atoms with van der Waals surface area (Å²) in [6.45, 7) is 1.06.